The third-order valence-electron chi connectivity index (χ3n) is 6.80. The summed E-state index contributed by atoms with van der Waals surface area (Å²) in [7, 11) is -3.33. The van der Waals surface area contributed by atoms with Crippen molar-refractivity contribution in [2.45, 2.75) is 56.8 Å². The molecule has 0 spiro atoms. The van der Waals surface area contributed by atoms with E-state index in [-0.39, 0.29) is 18.8 Å². The molecule has 2 saturated carbocycles. The van der Waals surface area contributed by atoms with E-state index in [2.05, 4.69) is 10.8 Å². The van der Waals surface area contributed by atoms with Gasteiger partial charge in [-0.25, -0.2) is 13.1 Å². The number of carbonyl (C=O) groups is 1. The van der Waals surface area contributed by atoms with Crippen molar-refractivity contribution >= 4 is 15.9 Å². The average Bonchev–Trinajstić information content (AvgIpc) is 3.15. The molecule has 7 nitrogen and oxygen atoms in total. The van der Waals surface area contributed by atoms with Crippen molar-refractivity contribution in [3.05, 3.63) is 65.7 Å². The predicted molar refractivity (Wildman–Crippen MR) is 126 cm³/mol. The number of hydrogen-bond acceptors (Lipinski definition) is 5. The third kappa shape index (κ3) is 5.93. The summed E-state index contributed by atoms with van der Waals surface area (Å²) in [5.74, 6) is 0.814. The van der Waals surface area contributed by atoms with Gasteiger partial charge in [-0.05, 0) is 55.2 Å². The number of ether oxygens (including phenoxy) is 2. The van der Waals surface area contributed by atoms with Crippen LogP contribution < -0.4 is 15.2 Å². The Morgan fingerprint density at radius 2 is 1.82 bits per heavy atom. The molecule has 2 fully saturated rings. The van der Waals surface area contributed by atoms with E-state index in [0.29, 0.717) is 31.8 Å². The number of rotatable bonds is 10. The lowest BCUT2D eigenvalue weighted by Gasteiger charge is -2.38. The molecule has 0 heterocycles. The molecule has 1 amide bonds. The van der Waals surface area contributed by atoms with Gasteiger partial charge in [0.1, 0.15) is 12.4 Å². The zero-order chi connectivity index (χ0) is 23.5. The molecule has 2 aromatic carbocycles. The van der Waals surface area contributed by atoms with E-state index in [9.17, 15) is 13.2 Å². The molecule has 0 bridgehead atoms. The number of hydrogen-bond donors (Lipinski definition) is 2. The van der Waals surface area contributed by atoms with Crippen LogP contribution in [-0.4, -0.2) is 39.3 Å². The van der Waals surface area contributed by atoms with E-state index in [1.165, 1.54) is 5.56 Å². The summed E-state index contributed by atoms with van der Waals surface area (Å²) in [4.78, 5) is 12.2. The molecule has 0 unspecified atom stereocenters. The molecule has 0 radical (unpaired) electrons. The number of carbonyl (C=O) groups excluding carboxylic acids is 1. The maximum atomic E-state index is 12.2. The van der Waals surface area contributed by atoms with Gasteiger partial charge in [0, 0.05) is 6.04 Å². The minimum atomic E-state index is -3.33. The Labute approximate surface area is 195 Å². The van der Waals surface area contributed by atoms with Crippen LogP contribution in [0.5, 0.6) is 5.75 Å². The van der Waals surface area contributed by atoms with Gasteiger partial charge < -0.3 is 15.2 Å². The zero-order valence-electron chi connectivity index (χ0n) is 18.9. The first-order valence-electron chi connectivity index (χ1n) is 11.4. The summed E-state index contributed by atoms with van der Waals surface area (Å²) >= 11 is 0. The maximum absolute atomic E-state index is 12.2. The van der Waals surface area contributed by atoms with Crippen molar-refractivity contribution in [3.63, 3.8) is 0 Å². The number of nitrogens with two attached hydrogens (primary N) is 1. The lowest BCUT2D eigenvalue weighted by atomic mass is 9.76. The van der Waals surface area contributed by atoms with Crippen molar-refractivity contribution in [2.24, 2.45) is 11.1 Å². The molecular weight excluding hydrogens is 440 g/mol. The van der Waals surface area contributed by atoms with Crippen LogP contribution in [0.2, 0.25) is 0 Å². The highest BCUT2D eigenvalue weighted by Crippen LogP contribution is 2.45. The first-order chi connectivity index (χ1) is 15.7. The second kappa shape index (κ2) is 9.83. The van der Waals surface area contributed by atoms with E-state index in [4.69, 9.17) is 15.2 Å². The van der Waals surface area contributed by atoms with E-state index in [0.717, 1.165) is 30.4 Å². The number of para-hydroxylation sites is 1. The summed E-state index contributed by atoms with van der Waals surface area (Å²) in [6.07, 6.45) is 4.37. The number of amides is 1. The first kappa shape index (κ1) is 23.7. The number of benzene rings is 2. The van der Waals surface area contributed by atoms with Crippen LogP contribution in [0.15, 0.2) is 54.6 Å². The minimum Gasteiger partial charge on any atom is -0.489 e. The highest BCUT2D eigenvalue weighted by atomic mass is 32.2. The van der Waals surface area contributed by atoms with Gasteiger partial charge in [0.25, 0.3) is 0 Å². The molecule has 0 aromatic heterocycles. The normalized spacial score (nSPS) is 27.1. The molecule has 33 heavy (non-hydrogen) atoms. The van der Waals surface area contributed by atoms with Gasteiger partial charge in [0.05, 0.1) is 24.4 Å². The minimum absolute atomic E-state index is 0.0512. The van der Waals surface area contributed by atoms with Crippen LogP contribution in [0.4, 0.5) is 0 Å². The molecule has 4 rings (SSSR count). The Hall–Kier alpha value is -2.42. The molecule has 0 aliphatic heterocycles. The monoisotopic (exact) mass is 472 g/mol. The smallest absolute Gasteiger partial charge is 0.226 e. The Kier molecular flexibility index (Phi) is 7.07. The van der Waals surface area contributed by atoms with Crippen LogP contribution in [0.25, 0.3) is 0 Å². The van der Waals surface area contributed by atoms with Gasteiger partial charge in [-0.2, -0.15) is 0 Å². The Morgan fingerprint density at radius 1 is 1.12 bits per heavy atom. The molecule has 2 aliphatic rings. The van der Waals surface area contributed by atoms with Gasteiger partial charge in [0.2, 0.25) is 15.9 Å². The molecule has 8 heteroatoms. The molecule has 0 saturated heterocycles. The third-order valence-corrected chi connectivity index (χ3v) is 7.56. The highest BCUT2D eigenvalue weighted by molar-refractivity contribution is 7.88. The van der Waals surface area contributed by atoms with Crippen molar-refractivity contribution in [1.82, 2.24) is 4.72 Å². The van der Waals surface area contributed by atoms with Crippen molar-refractivity contribution in [1.29, 1.82) is 0 Å². The summed E-state index contributed by atoms with van der Waals surface area (Å²) in [6, 6.07) is 17.9. The van der Waals surface area contributed by atoms with Crippen LogP contribution >= 0.6 is 0 Å². The second-order valence-corrected chi connectivity index (χ2v) is 11.2. The van der Waals surface area contributed by atoms with Crippen molar-refractivity contribution in [3.8, 4) is 5.75 Å². The second-order valence-electron chi connectivity index (χ2n) is 9.39. The maximum Gasteiger partial charge on any atom is 0.226 e. The molecule has 2 atom stereocenters. The Bertz CT molecular complexity index is 1070. The lowest BCUT2D eigenvalue weighted by molar-refractivity contribution is -0.135. The van der Waals surface area contributed by atoms with Crippen LogP contribution in [-0.2, 0) is 26.2 Å². The summed E-state index contributed by atoms with van der Waals surface area (Å²) in [5, 5.41) is 0. The fourth-order valence-corrected chi connectivity index (χ4v) is 5.68. The fraction of sp³-hybridized carbons (Fsp3) is 0.480. The lowest BCUT2D eigenvalue weighted by Crippen LogP contribution is -2.43. The number of sulfonamides is 1. The molecular formula is C25H32N2O5S. The Balaban J connectivity index is 1.30. The standard InChI is InChI=1S/C25H32N2O5S/c1-33(29,30)27-20-11-12-25(15-20,24(26)28)17-32-21-13-19(14-21)22-9-5-6-10-23(22)31-16-18-7-3-2-4-8-18/h2-10,19-21,27H,11-17H2,1H3,(H2,26,28)/t19?,20-,21?,25-/m0/s1. The van der Waals surface area contributed by atoms with Gasteiger partial charge in [-0.15, -0.1) is 0 Å². The van der Waals surface area contributed by atoms with Gasteiger partial charge in [-0.1, -0.05) is 48.5 Å². The van der Waals surface area contributed by atoms with E-state index < -0.39 is 21.3 Å². The highest BCUT2D eigenvalue weighted by Gasteiger charge is 2.46. The number of nitrogens with one attached hydrogen (secondary N) is 1. The van der Waals surface area contributed by atoms with Crippen molar-refractivity contribution in [2.75, 3.05) is 12.9 Å². The quantitative estimate of drug-likeness (QED) is 0.552. The molecule has 2 aliphatic carbocycles. The van der Waals surface area contributed by atoms with Crippen LogP contribution in [0, 0.1) is 5.41 Å². The average molecular weight is 473 g/mol. The van der Waals surface area contributed by atoms with Crippen LogP contribution in [0.3, 0.4) is 0 Å². The summed E-state index contributed by atoms with van der Waals surface area (Å²) in [5.41, 5.74) is 7.20. The van der Waals surface area contributed by atoms with Gasteiger partial charge in [-0.3, -0.25) is 4.79 Å². The summed E-state index contributed by atoms with van der Waals surface area (Å²) < 4.78 is 37.9. The predicted octanol–water partition coefficient (Wildman–Crippen LogP) is 3.10. The van der Waals surface area contributed by atoms with Crippen molar-refractivity contribution < 1.29 is 22.7 Å². The SMILES string of the molecule is CS(=O)(=O)N[C@H]1CC[C@](COC2CC(c3ccccc3OCc3ccccc3)C2)(C(N)=O)C1. The van der Waals surface area contributed by atoms with E-state index >= 15 is 0 Å². The Morgan fingerprint density at radius 3 is 2.52 bits per heavy atom. The summed E-state index contributed by atoms with van der Waals surface area (Å²) in [6.45, 7) is 0.752. The van der Waals surface area contributed by atoms with Gasteiger partial charge in [0.15, 0.2) is 0 Å². The topological polar surface area (TPSA) is 108 Å². The molecule has 2 aromatic rings. The van der Waals surface area contributed by atoms with E-state index in [1.807, 2.05) is 48.5 Å². The van der Waals surface area contributed by atoms with E-state index in [1.54, 1.807) is 0 Å². The largest absolute Gasteiger partial charge is 0.489 e. The molecule has 3 N–H and O–H groups in total. The zero-order valence-corrected chi connectivity index (χ0v) is 19.7. The number of primary amides is 1. The fourth-order valence-electron chi connectivity index (χ4n) is 4.87. The van der Waals surface area contributed by atoms with Crippen LogP contribution in [0.1, 0.15) is 49.1 Å². The van der Waals surface area contributed by atoms with Gasteiger partial charge >= 0.3 is 0 Å². The molecule has 178 valence electrons. The first-order valence-corrected chi connectivity index (χ1v) is 13.3.